The molecule has 4 aromatic rings. The van der Waals surface area contributed by atoms with Crippen LogP contribution >= 0.6 is 0 Å². The van der Waals surface area contributed by atoms with Gasteiger partial charge in [0.05, 0.1) is 0 Å². The molecule has 34 heavy (non-hydrogen) atoms. The fourth-order valence-electron chi connectivity index (χ4n) is 3.54. The van der Waals surface area contributed by atoms with Gasteiger partial charge in [0.15, 0.2) is 0 Å². The molecule has 0 aliphatic heterocycles. The maximum Gasteiger partial charge on any atom is 0.346 e. The summed E-state index contributed by atoms with van der Waals surface area (Å²) in [6, 6.07) is 37.9. The van der Waals surface area contributed by atoms with E-state index in [9.17, 15) is 4.79 Å². The Kier molecular flexibility index (Phi) is 6.97. The maximum absolute atomic E-state index is 11.0. The highest BCUT2D eigenvalue weighted by molar-refractivity contribution is 5.96. The highest BCUT2D eigenvalue weighted by Crippen LogP contribution is 2.34. The molecule has 0 aromatic heterocycles. The number of benzene rings is 4. The summed E-state index contributed by atoms with van der Waals surface area (Å²) in [6.45, 7) is 0. The maximum atomic E-state index is 11.0. The summed E-state index contributed by atoms with van der Waals surface area (Å²) in [5, 5.41) is 17.9. The van der Waals surface area contributed by atoms with Crippen LogP contribution in [0.3, 0.4) is 0 Å². The number of hydrogen-bond donors (Lipinski definition) is 1. The molecule has 0 spiro atoms. The standard InChI is InChI=1S/C30H22N2O2/c31-22-26(30(33)34)21-25-15-13-23(14-16-25)11-12-24-17-19-29(20-18-24)32(27-7-3-1-4-8-27)28-9-5-2-6-10-28/h1-21H,(H,33,34)/b12-11+,26-21-. The number of aliphatic carboxylic acids is 1. The van der Waals surface area contributed by atoms with E-state index in [1.54, 1.807) is 18.2 Å². The van der Waals surface area contributed by atoms with Crippen molar-refractivity contribution in [1.82, 2.24) is 0 Å². The summed E-state index contributed by atoms with van der Waals surface area (Å²) in [5.41, 5.74) is 5.67. The lowest BCUT2D eigenvalue weighted by Gasteiger charge is -2.25. The normalized spacial score (nSPS) is 11.2. The van der Waals surface area contributed by atoms with Gasteiger partial charge in [-0.3, -0.25) is 0 Å². The quantitative estimate of drug-likeness (QED) is 0.185. The first-order chi connectivity index (χ1) is 16.6. The zero-order valence-electron chi connectivity index (χ0n) is 18.4. The molecule has 0 unspecified atom stereocenters. The lowest BCUT2D eigenvalue weighted by Crippen LogP contribution is -2.09. The Balaban J connectivity index is 1.53. The van der Waals surface area contributed by atoms with Gasteiger partial charge in [0, 0.05) is 17.1 Å². The summed E-state index contributed by atoms with van der Waals surface area (Å²) in [7, 11) is 0. The van der Waals surface area contributed by atoms with Gasteiger partial charge in [-0.1, -0.05) is 84.9 Å². The predicted octanol–water partition coefficient (Wildman–Crippen LogP) is 7.32. The molecule has 1 N–H and O–H groups in total. The molecule has 4 heteroatoms. The van der Waals surface area contributed by atoms with Crippen LogP contribution in [0.25, 0.3) is 18.2 Å². The van der Waals surface area contributed by atoms with Crippen LogP contribution in [0.5, 0.6) is 0 Å². The summed E-state index contributed by atoms with van der Waals surface area (Å²) in [4.78, 5) is 13.2. The largest absolute Gasteiger partial charge is 0.477 e. The molecule has 0 atom stereocenters. The Labute approximate surface area is 199 Å². The van der Waals surface area contributed by atoms with E-state index < -0.39 is 5.97 Å². The molecule has 0 amide bonds. The monoisotopic (exact) mass is 442 g/mol. The summed E-state index contributed by atoms with van der Waals surface area (Å²) < 4.78 is 0. The van der Waals surface area contributed by atoms with Gasteiger partial charge >= 0.3 is 5.97 Å². The van der Waals surface area contributed by atoms with Gasteiger partial charge in [-0.2, -0.15) is 5.26 Å². The molecule has 0 aliphatic carbocycles. The summed E-state index contributed by atoms with van der Waals surface area (Å²) >= 11 is 0. The fourth-order valence-corrected chi connectivity index (χ4v) is 3.54. The third-order valence-electron chi connectivity index (χ3n) is 5.25. The molecule has 0 fully saturated rings. The van der Waals surface area contributed by atoms with E-state index in [1.165, 1.54) is 6.08 Å². The van der Waals surface area contributed by atoms with Crippen molar-refractivity contribution in [2.45, 2.75) is 0 Å². The first-order valence-corrected chi connectivity index (χ1v) is 10.8. The minimum Gasteiger partial charge on any atom is -0.477 e. The van der Waals surface area contributed by atoms with Crippen LogP contribution in [-0.4, -0.2) is 11.1 Å². The minimum absolute atomic E-state index is 0.288. The summed E-state index contributed by atoms with van der Waals surface area (Å²) in [5.74, 6) is -1.23. The van der Waals surface area contributed by atoms with E-state index in [0.717, 1.165) is 28.2 Å². The molecule has 164 valence electrons. The Morgan fingerprint density at radius 1 is 0.647 bits per heavy atom. The van der Waals surface area contributed by atoms with Gasteiger partial charge in [0.25, 0.3) is 0 Å². The predicted molar refractivity (Wildman–Crippen MR) is 138 cm³/mol. The molecular weight excluding hydrogens is 420 g/mol. The van der Waals surface area contributed by atoms with Crippen molar-refractivity contribution in [1.29, 1.82) is 5.26 Å². The second-order valence-electron chi connectivity index (χ2n) is 7.57. The second kappa shape index (κ2) is 10.6. The number of anilines is 3. The fraction of sp³-hybridized carbons (Fsp3) is 0. The highest BCUT2D eigenvalue weighted by atomic mass is 16.4. The molecule has 0 radical (unpaired) electrons. The first-order valence-electron chi connectivity index (χ1n) is 10.8. The SMILES string of the molecule is N#C/C(=C/c1ccc(/C=C/c2ccc(N(c3ccccc3)c3ccccc3)cc2)cc1)C(=O)O. The van der Waals surface area contributed by atoms with Crippen molar-refractivity contribution in [3.8, 4) is 6.07 Å². The Bertz CT molecular complexity index is 1310. The number of carbonyl (C=O) groups is 1. The van der Waals surface area contributed by atoms with Crippen LogP contribution in [-0.2, 0) is 4.79 Å². The van der Waals surface area contributed by atoms with Gasteiger partial charge in [-0.15, -0.1) is 0 Å². The van der Waals surface area contributed by atoms with Gasteiger partial charge in [-0.05, 0) is 59.2 Å². The molecule has 0 heterocycles. The Morgan fingerprint density at radius 3 is 1.50 bits per heavy atom. The van der Waals surface area contributed by atoms with E-state index in [1.807, 2.05) is 60.7 Å². The third-order valence-corrected chi connectivity index (χ3v) is 5.25. The van der Waals surface area contributed by atoms with Crippen molar-refractivity contribution in [3.63, 3.8) is 0 Å². The van der Waals surface area contributed by atoms with Crippen molar-refractivity contribution in [2.24, 2.45) is 0 Å². The first kappa shape index (κ1) is 22.3. The van der Waals surface area contributed by atoms with E-state index in [-0.39, 0.29) is 5.57 Å². The van der Waals surface area contributed by atoms with E-state index in [2.05, 4.69) is 53.4 Å². The van der Waals surface area contributed by atoms with Crippen molar-refractivity contribution in [3.05, 3.63) is 131 Å². The molecule has 4 nitrogen and oxygen atoms in total. The Hall–Kier alpha value is -4.88. The van der Waals surface area contributed by atoms with Gasteiger partial charge in [0.1, 0.15) is 11.6 Å². The van der Waals surface area contributed by atoms with Gasteiger partial charge in [0.2, 0.25) is 0 Å². The molecule has 0 aliphatic rings. The van der Waals surface area contributed by atoms with Crippen LogP contribution in [0.15, 0.2) is 115 Å². The number of nitriles is 1. The second-order valence-corrected chi connectivity index (χ2v) is 7.57. The minimum atomic E-state index is -1.23. The van der Waals surface area contributed by atoms with Crippen LogP contribution < -0.4 is 4.90 Å². The molecule has 0 saturated heterocycles. The van der Waals surface area contributed by atoms with Crippen molar-refractivity contribution < 1.29 is 9.90 Å². The highest BCUT2D eigenvalue weighted by Gasteiger charge is 2.11. The molecule has 0 bridgehead atoms. The van der Waals surface area contributed by atoms with Gasteiger partial charge in [-0.25, -0.2) is 4.79 Å². The van der Waals surface area contributed by atoms with Crippen molar-refractivity contribution >= 4 is 41.3 Å². The number of nitrogens with zero attached hydrogens (tertiary/aromatic N) is 2. The smallest absolute Gasteiger partial charge is 0.346 e. The van der Waals surface area contributed by atoms with Crippen LogP contribution in [0, 0.1) is 11.3 Å². The Morgan fingerprint density at radius 2 is 1.06 bits per heavy atom. The number of rotatable bonds is 7. The van der Waals surface area contributed by atoms with Crippen LogP contribution in [0.4, 0.5) is 17.1 Å². The zero-order chi connectivity index (χ0) is 23.8. The molecular formula is C30H22N2O2. The lowest BCUT2D eigenvalue weighted by atomic mass is 10.1. The van der Waals surface area contributed by atoms with Crippen molar-refractivity contribution in [2.75, 3.05) is 4.90 Å². The zero-order valence-corrected chi connectivity index (χ0v) is 18.4. The number of carboxylic acids is 1. The van der Waals surface area contributed by atoms with Crippen LogP contribution in [0.2, 0.25) is 0 Å². The average molecular weight is 443 g/mol. The lowest BCUT2D eigenvalue weighted by molar-refractivity contribution is -0.132. The van der Waals surface area contributed by atoms with Gasteiger partial charge < -0.3 is 10.0 Å². The molecule has 4 rings (SSSR count). The average Bonchev–Trinajstić information content (AvgIpc) is 2.89. The summed E-state index contributed by atoms with van der Waals surface area (Å²) in [6.07, 6.45) is 5.39. The van der Waals surface area contributed by atoms with E-state index >= 15 is 0 Å². The van der Waals surface area contributed by atoms with E-state index in [4.69, 9.17) is 10.4 Å². The third kappa shape index (κ3) is 5.48. The van der Waals surface area contributed by atoms with E-state index in [0.29, 0.717) is 5.56 Å². The number of hydrogen-bond acceptors (Lipinski definition) is 3. The van der Waals surface area contributed by atoms with Crippen LogP contribution in [0.1, 0.15) is 16.7 Å². The topological polar surface area (TPSA) is 64.3 Å². The number of para-hydroxylation sites is 2. The molecule has 4 aromatic carbocycles. The molecule has 0 saturated carbocycles. The number of carboxylic acid groups (broad SMARTS) is 1.